The summed E-state index contributed by atoms with van der Waals surface area (Å²) in [5.74, 6) is 0. The number of aliphatic hydroxyl groups excluding tert-OH is 2. The van der Waals surface area contributed by atoms with E-state index >= 15 is 0 Å². The van der Waals surface area contributed by atoms with Crippen LogP contribution in [0.1, 0.15) is 19.4 Å². The number of hydrogen-bond acceptors (Lipinski definition) is 2. The average molecular weight is 303 g/mol. The maximum absolute atomic E-state index is 9.47. The van der Waals surface area contributed by atoms with Gasteiger partial charge in [0.05, 0.1) is 0 Å². The van der Waals surface area contributed by atoms with E-state index in [1.165, 1.54) is 10.5 Å². The van der Waals surface area contributed by atoms with Crippen LogP contribution in [-0.4, -0.2) is 35.5 Å². The summed E-state index contributed by atoms with van der Waals surface area (Å²) >= 11 is 3.52. The van der Waals surface area contributed by atoms with Gasteiger partial charge in [0.25, 0.3) is 0 Å². The Morgan fingerprint density at radius 1 is 1.12 bits per heavy atom. The van der Waals surface area contributed by atoms with Crippen molar-refractivity contribution < 1.29 is 15.1 Å². The standard InChI is InChI=1S/C13H20BrNO2/c1-10(16)7-15(8-11(2)17)9-12-5-3-4-6-13(12)14/h3-6,10-11,16-17H,7-9H2,1-2H3/p+1/t10-,11+. The lowest BCUT2D eigenvalue weighted by Gasteiger charge is -2.22. The fraction of sp³-hybridized carbons (Fsp3) is 0.538. The number of hydrogen-bond donors (Lipinski definition) is 3. The van der Waals surface area contributed by atoms with E-state index in [0.717, 1.165) is 11.0 Å². The molecule has 0 amide bonds. The topological polar surface area (TPSA) is 44.9 Å². The Kier molecular flexibility index (Phi) is 6.12. The van der Waals surface area contributed by atoms with Crippen LogP contribution in [0.4, 0.5) is 0 Å². The molecule has 0 aromatic heterocycles. The van der Waals surface area contributed by atoms with Gasteiger partial charge in [-0.2, -0.15) is 0 Å². The lowest BCUT2D eigenvalue weighted by molar-refractivity contribution is -0.919. The van der Waals surface area contributed by atoms with Gasteiger partial charge in [0, 0.05) is 10.0 Å². The normalized spacial score (nSPS) is 16.5. The molecule has 96 valence electrons. The van der Waals surface area contributed by atoms with Gasteiger partial charge in [-0.1, -0.05) is 34.1 Å². The van der Waals surface area contributed by atoms with E-state index in [-0.39, 0.29) is 12.2 Å². The zero-order valence-electron chi connectivity index (χ0n) is 10.4. The van der Waals surface area contributed by atoms with E-state index in [2.05, 4.69) is 22.0 Å². The molecule has 3 atom stereocenters. The van der Waals surface area contributed by atoms with Crippen molar-refractivity contribution in [1.29, 1.82) is 0 Å². The van der Waals surface area contributed by atoms with Gasteiger partial charge < -0.3 is 15.1 Å². The van der Waals surface area contributed by atoms with Crippen LogP contribution < -0.4 is 4.90 Å². The van der Waals surface area contributed by atoms with Crippen molar-refractivity contribution in [3.05, 3.63) is 34.3 Å². The summed E-state index contributed by atoms with van der Waals surface area (Å²) in [6.07, 6.45) is -0.711. The summed E-state index contributed by atoms with van der Waals surface area (Å²) in [7, 11) is 0. The van der Waals surface area contributed by atoms with E-state index in [1.807, 2.05) is 18.2 Å². The summed E-state index contributed by atoms with van der Waals surface area (Å²) in [5.41, 5.74) is 1.20. The van der Waals surface area contributed by atoms with E-state index in [1.54, 1.807) is 13.8 Å². The van der Waals surface area contributed by atoms with Crippen LogP contribution in [0.2, 0.25) is 0 Å². The van der Waals surface area contributed by atoms with Crippen LogP contribution in [0, 0.1) is 0 Å². The molecule has 0 saturated heterocycles. The first-order valence-electron chi connectivity index (χ1n) is 5.92. The number of quaternary nitrogens is 1. The Balaban J connectivity index is 2.68. The zero-order valence-corrected chi connectivity index (χ0v) is 11.9. The van der Waals surface area contributed by atoms with Gasteiger partial charge in [-0.05, 0) is 19.9 Å². The van der Waals surface area contributed by atoms with Crippen LogP contribution in [-0.2, 0) is 6.54 Å². The van der Waals surface area contributed by atoms with Crippen LogP contribution in [0.25, 0.3) is 0 Å². The molecule has 0 aliphatic carbocycles. The van der Waals surface area contributed by atoms with E-state index < -0.39 is 0 Å². The van der Waals surface area contributed by atoms with Crippen molar-refractivity contribution in [2.24, 2.45) is 0 Å². The Hall–Kier alpha value is -0.420. The second-order valence-corrected chi connectivity index (χ2v) is 5.48. The summed E-state index contributed by atoms with van der Waals surface area (Å²) in [6.45, 7) is 5.65. The highest BCUT2D eigenvalue weighted by Crippen LogP contribution is 2.14. The molecule has 1 aromatic carbocycles. The van der Waals surface area contributed by atoms with Gasteiger partial charge in [0.15, 0.2) is 0 Å². The molecule has 0 heterocycles. The van der Waals surface area contributed by atoms with Gasteiger partial charge in [-0.15, -0.1) is 0 Å². The summed E-state index contributed by atoms with van der Waals surface area (Å²) in [6, 6.07) is 8.06. The number of aliphatic hydroxyl groups is 2. The third-order valence-corrected chi connectivity index (χ3v) is 3.34. The first kappa shape index (κ1) is 14.6. The Labute approximate surface area is 111 Å². The molecule has 0 aliphatic rings. The van der Waals surface area contributed by atoms with Crippen molar-refractivity contribution in [3.63, 3.8) is 0 Å². The third-order valence-electron chi connectivity index (χ3n) is 2.57. The molecular weight excluding hydrogens is 282 g/mol. The highest BCUT2D eigenvalue weighted by molar-refractivity contribution is 9.10. The molecule has 17 heavy (non-hydrogen) atoms. The maximum atomic E-state index is 9.47. The minimum Gasteiger partial charge on any atom is -0.388 e. The summed E-state index contributed by atoms with van der Waals surface area (Å²) < 4.78 is 1.08. The molecule has 0 aliphatic heterocycles. The third kappa shape index (κ3) is 5.64. The smallest absolute Gasteiger partial charge is 0.104 e. The van der Waals surface area contributed by atoms with Crippen LogP contribution >= 0.6 is 15.9 Å². The summed E-state index contributed by atoms with van der Waals surface area (Å²) in [5, 5.41) is 18.9. The zero-order chi connectivity index (χ0) is 12.8. The molecular formula is C13H21BrNO2+. The van der Waals surface area contributed by atoms with E-state index in [9.17, 15) is 10.2 Å². The predicted octanol–water partition coefficient (Wildman–Crippen LogP) is 0.596. The van der Waals surface area contributed by atoms with Crippen molar-refractivity contribution in [2.45, 2.75) is 32.6 Å². The summed E-state index contributed by atoms with van der Waals surface area (Å²) in [4.78, 5) is 1.18. The number of nitrogens with one attached hydrogen (secondary N) is 1. The second-order valence-electron chi connectivity index (χ2n) is 4.62. The lowest BCUT2D eigenvalue weighted by atomic mass is 10.2. The minimum absolute atomic E-state index is 0.355. The molecule has 0 saturated carbocycles. The highest BCUT2D eigenvalue weighted by atomic mass is 79.9. The Morgan fingerprint density at radius 3 is 2.12 bits per heavy atom. The number of rotatable bonds is 6. The molecule has 1 rings (SSSR count). The molecule has 0 fully saturated rings. The predicted molar refractivity (Wildman–Crippen MR) is 71.9 cm³/mol. The van der Waals surface area contributed by atoms with Crippen molar-refractivity contribution in [2.75, 3.05) is 13.1 Å². The van der Waals surface area contributed by atoms with Gasteiger partial charge in [0.1, 0.15) is 31.8 Å². The van der Waals surface area contributed by atoms with Gasteiger partial charge in [-0.25, -0.2) is 0 Å². The molecule has 4 heteroatoms. The number of benzene rings is 1. The molecule has 0 bridgehead atoms. The Bertz CT molecular complexity index is 332. The molecule has 1 unspecified atom stereocenters. The van der Waals surface area contributed by atoms with Crippen LogP contribution in [0.5, 0.6) is 0 Å². The van der Waals surface area contributed by atoms with E-state index in [0.29, 0.717) is 13.1 Å². The SMILES string of the molecule is C[C@H](O)C[NH+](Cc1ccccc1Br)C[C@@H](C)O. The maximum Gasteiger partial charge on any atom is 0.104 e. The van der Waals surface area contributed by atoms with Crippen molar-refractivity contribution in [3.8, 4) is 0 Å². The first-order valence-corrected chi connectivity index (χ1v) is 6.71. The minimum atomic E-state index is -0.355. The fourth-order valence-corrected chi connectivity index (χ4v) is 2.40. The van der Waals surface area contributed by atoms with Gasteiger partial charge in [0.2, 0.25) is 0 Å². The average Bonchev–Trinajstić information content (AvgIpc) is 2.19. The van der Waals surface area contributed by atoms with Gasteiger partial charge in [-0.3, -0.25) is 0 Å². The van der Waals surface area contributed by atoms with Crippen LogP contribution in [0.15, 0.2) is 28.7 Å². The molecule has 0 spiro atoms. The fourth-order valence-electron chi connectivity index (χ4n) is 1.97. The second kappa shape index (κ2) is 7.11. The molecule has 3 N–H and O–H groups in total. The van der Waals surface area contributed by atoms with Crippen molar-refractivity contribution in [1.82, 2.24) is 0 Å². The monoisotopic (exact) mass is 302 g/mol. The number of halogens is 1. The molecule has 0 radical (unpaired) electrons. The lowest BCUT2D eigenvalue weighted by Crippen LogP contribution is -3.12. The molecule has 3 nitrogen and oxygen atoms in total. The van der Waals surface area contributed by atoms with Gasteiger partial charge >= 0.3 is 0 Å². The largest absolute Gasteiger partial charge is 0.388 e. The van der Waals surface area contributed by atoms with E-state index in [4.69, 9.17) is 0 Å². The highest BCUT2D eigenvalue weighted by Gasteiger charge is 2.16. The quantitative estimate of drug-likeness (QED) is 0.720. The van der Waals surface area contributed by atoms with Crippen molar-refractivity contribution >= 4 is 15.9 Å². The Morgan fingerprint density at radius 2 is 1.65 bits per heavy atom. The van der Waals surface area contributed by atoms with Crippen LogP contribution in [0.3, 0.4) is 0 Å². The molecule has 1 aromatic rings. The first-order chi connectivity index (χ1) is 7.99.